The van der Waals surface area contributed by atoms with E-state index in [2.05, 4.69) is 25.8 Å². The minimum atomic E-state index is -0.563. The average molecular weight is 521 g/mol. The van der Waals surface area contributed by atoms with Crippen LogP contribution in [-0.2, 0) is 13.0 Å². The van der Waals surface area contributed by atoms with E-state index < -0.39 is 17.7 Å². The number of likely N-dealkylation sites (N-methyl/N-ethyl adjacent to an activating group) is 1. The molecule has 1 heterocycles. The highest BCUT2D eigenvalue weighted by molar-refractivity contribution is 14.0. The van der Waals surface area contributed by atoms with E-state index >= 15 is 0 Å². The molecule has 0 saturated heterocycles. The third-order valence-corrected chi connectivity index (χ3v) is 4.38. The van der Waals surface area contributed by atoms with Gasteiger partial charge in [0.15, 0.2) is 5.96 Å². The van der Waals surface area contributed by atoms with Gasteiger partial charge in [-0.05, 0) is 33.2 Å². The summed E-state index contributed by atoms with van der Waals surface area (Å²) in [6, 6.07) is 3.39. The first kappa shape index (κ1) is 25.2. The van der Waals surface area contributed by atoms with E-state index in [1.807, 2.05) is 18.4 Å². The van der Waals surface area contributed by atoms with Crippen LogP contribution < -0.4 is 10.6 Å². The highest BCUT2D eigenvalue weighted by Crippen LogP contribution is 2.24. The molecule has 0 aliphatic carbocycles. The van der Waals surface area contributed by atoms with Gasteiger partial charge in [-0.1, -0.05) is 13.0 Å². The van der Waals surface area contributed by atoms with Gasteiger partial charge in [0.1, 0.15) is 23.8 Å². The summed E-state index contributed by atoms with van der Waals surface area (Å²) >= 11 is 0. The van der Waals surface area contributed by atoms with Crippen molar-refractivity contribution in [2.24, 2.45) is 4.99 Å². The maximum atomic E-state index is 14.2. The van der Waals surface area contributed by atoms with Gasteiger partial charge >= 0.3 is 0 Å². The second-order valence-corrected chi connectivity index (χ2v) is 6.56. The summed E-state index contributed by atoms with van der Waals surface area (Å²) in [7, 11) is 3.56. The Morgan fingerprint density at radius 3 is 2.48 bits per heavy atom. The summed E-state index contributed by atoms with van der Waals surface area (Å²) in [5.74, 6) is 0.391. The van der Waals surface area contributed by atoms with Crippen LogP contribution in [0.2, 0.25) is 0 Å². The maximum absolute atomic E-state index is 14.2. The van der Waals surface area contributed by atoms with Gasteiger partial charge in [-0.15, -0.1) is 34.2 Å². The van der Waals surface area contributed by atoms with Crippen LogP contribution in [0.3, 0.4) is 0 Å². The van der Waals surface area contributed by atoms with E-state index in [4.69, 9.17) is 0 Å². The summed E-state index contributed by atoms with van der Waals surface area (Å²) in [6.45, 7) is 6.21. The molecule has 0 fully saturated rings. The number of hydrogen-bond donors (Lipinski definition) is 2. The van der Waals surface area contributed by atoms with Gasteiger partial charge in [0.25, 0.3) is 0 Å². The predicted molar refractivity (Wildman–Crippen MR) is 122 cm³/mol. The monoisotopic (exact) mass is 521 g/mol. The van der Waals surface area contributed by atoms with Crippen molar-refractivity contribution in [2.45, 2.75) is 32.9 Å². The molecule has 29 heavy (non-hydrogen) atoms. The number of halogens is 3. The summed E-state index contributed by atoms with van der Waals surface area (Å²) in [5.41, 5.74) is 0.0316. The van der Waals surface area contributed by atoms with E-state index in [9.17, 15) is 8.78 Å². The standard InChI is InChI=1S/C19H29F2N7.HI/c1-5-17-26-25-13-28(17)11-10-23-19(22-6-2)24-12-16(27(3)4)18-14(20)8-7-9-15(18)21;/h7-9,13,16H,5-6,10-12H2,1-4H3,(H2,22,23,24);1H. The van der Waals surface area contributed by atoms with Crippen LogP contribution in [0.15, 0.2) is 29.5 Å². The Morgan fingerprint density at radius 2 is 1.90 bits per heavy atom. The summed E-state index contributed by atoms with van der Waals surface area (Å²) in [5, 5.41) is 14.4. The number of nitrogens with zero attached hydrogens (tertiary/aromatic N) is 5. The molecule has 1 unspecified atom stereocenters. The second-order valence-electron chi connectivity index (χ2n) is 6.56. The summed E-state index contributed by atoms with van der Waals surface area (Å²) in [4.78, 5) is 6.30. The zero-order valence-corrected chi connectivity index (χ0v) is 19.7. The third kappa shape index (κ3) is 7.18. The first-order valence-electron chi connectivity index (χ1n) is 9.47. The smallest absolute Gasteiger partial charge is 0.191 e. The van der Waals surface area contributed by atoms with Gasteiger partial charge in [-0.2, -0.15) is 0 Å². The molecule has 0 amide bonds. The van der Waals surface area contributed by atoms with Gasteiger partial charge in [0.2, 0.25) is 0 Å². The van der Waals surface area contributed by atoms with Crippen molar-refractivity contribution < 1.29 is 8.78 Å². The number of aliphatic imine (C=N–C) groups is 1. The molecule has 0 bridgehead atoms. The molecule has 2 rings (SSSR count). The zero-order chi connectivity index (χ0) is 20.5. The quantitative estimate of drug-likeness (QED) is 0.302. The van der Waals surface area contributed by atoms with Crippen molar-refractivity contribution in [2.75, 3.05) is 33.7 Å². The largest absolute Gasteiger partial charge is 0.357 e. The van der Waals surface area contributed by atoms with Crippen molar-refractivity contribution in [3.05, 3.63) is 47.5 Å². The Hall–Kier alpha value is -1.82. The van der Waals surface area contributed by atoms with E-state index in [0.717, 1.165) is 12.2 Å². The van der Waals surface area contributed by atoms with Crippen LogP contribution in [0.1, 0.15) is 31.3 Å². The molecule has 0 spiro atoms. The van der Waals surface area contributed by atoms with Crippen molar-refractivity contribution in [1.29, 1.82) is 0 Å². The van der Waals surface area contributed by atoms with Crippen LogP contribution in [0.5, 0.6) is 0 Å². The molecule has 7 nitrogen and oxygen atoms in total. The third-order valence-electron chi connectivity index (χ3n) is 4.38. The molecule has 2 N–H and O–H groups in total. The van der Waals surface area contributed by atoms with Crippen molar-refractivity contribution >= 4 is 29.9 Å². The van der Waals surface area contributed by atoms with E-state index in [-0.39, 0.29) is 36.1 Å². The SMILES string of the molecule is CCNC(=NCC(c1c(F)cccc1F)N(C)C)NCCn1cnnc1CC.I. The molecule has 1 aromatic carbocycles. The molecule has 1 aromatic heterocycles. The van der Waals surface area contributed by atoms with Crippen molar-refractivity contribution in [3.8, 4) is 0 Å². The van der Waals surface area contributed by atoms with Crippen LogP contribution in [-0.4, -0.2) is 59.4 Å². The molecule has 2 aromatic rings. The molecule has 162 valence electrons. The average Bonchev–Trinajstić information content (AvgIpc) is 3.11. The van der Waals surface area contributed by atoms with Gasteiger partial charge in [-0.25, -0.2) is 8.78 Å². The van der Waals surface area contributed by atoms with Gasteiger partial charge in [0, 0.05) is 31.6 Å². The molecule has 1 atom stereocenters. The lowest BCUT2D eigenvalue weighted by Gasteiger charge is -2.24. The number of hydrogen-bond acceptors (Lipinski definition) is 4. The first-order valence-corrected chi connectivity index (χ1v) is 9.47. The minimum absolute atomic E-state index is 0. The highest BCUT2D eigenvalue weighted by Gasteiger charge is 2.22. The first-order chi connectivity index (χ1) is 13.5. The van der Waals surface area contributed by atoms with Crippen LogP contribution in [0.25, 0.3) is 0 Å². The second kappa shape index (κ2) is 12.7. The van der Waals surface area contributed by atoms with Gasteiger partial charge in [-0.3, -0.25) is 4.99 Å². The molecule has 0 aliphatic rings. The number of guanidine groups is 1. The lowest BCUT2D eigenvalue weighted by molar-refractivity contribution is 0.290. The Labute approximate surface area is 188 Å². The number of nitrogens with one attached hydrogen (secondary N) is 2. The fraction of sp³-hybridized carbons (Fsp3) is 0.526. The number of aromatic nitrogens is 3. The lowest BCUT2D eigenvalue weighted by atomic mass is 10.0. The number of benzene rings is 1. The Bertz CT molecular complexity index is 759. The molecule has 0 aliphatic heterocycles. The van der Waals surface area contributed by atoms with E-state index in [1.54, 1.807) is 25.3 Å². The van der Waals surface area contributed by atoms with Crippen molar-refractivity contribution in [1.82, 2.24) is 30.3 Å². The zero-order valence-electron chi connectivity index (χ0n) is 17.3. The van der Waals surface area contributed by atoms with Crippen LogP contribution >= 0.6 is 24.0 Å². The van der Waals surface area contributed by atoms with Crippen LogP contribution in [0, 0.1) is 11.6 Å². The van der Waals surface area contributed by atoms with Gasteiger partial charge < -0.3 is 20.1 Å². The predicted octanol–water partition coefficient (Wildman–Crippen LogP) is 2.59. The molecule has 0 radical (unpaired) electrons. The lowest BCUT2D eigenvalue weighted by Crippen LogP contribution is -2.39. The normalized spacial score (nSPS) is 12.6. The Kier molecular flexibility index (Phi) is 11.0. The molecule has 0 saturated carbocycles. The molecular formula is C19H30F2IN7. The number of aryl methyl sites for hydroxylation is 1. The molecule has 10 heteroatoms. The summed E-state index contributed by atoms with van der Waals surface area (Å²) < 4.78 is 30.4. The fourth-order valence-corrected chi connectivity index (χ4v) is 2.90. The Balaban J connectivity index is 0.00000420. The van der Waals surface area contributed by atoms with E-state index in [0.29, 0.717) is 25.6 Å². The topological polar surface area (TPSA) is 70.4 Å². The van der Waals surface area contributed by atoms with Gasteiger partial charge in [0.05, 0.1) is 12.6 Å². The Morgan fingerprint density at radius 1 is 1.21 bits per heavy atom. The minimum Gasteiger partial charge on any atom is -0.357 e. The number of rotatable bonds is 9. The maximum Gasteiger partial charge on any atom is 0.191 e. The highest BCUT2D eigenvalue weighted by atomic mass is 127. The van der Waals surface area contributed by atoms with Crippen molar-refractivity contribution in [3.63, 3.8) is 0 Å². The van der Waals surface area contributed by atoms with E-state index in [1.165, 1.54) is 18.2 Å². The van der Waals surface area contributed by atoms with Crippen LogP contribution in [0.4, 0.5) is 8.78 Å². The summed E-state index contributed by atoms with van der Waals surface area (Å²) in [6.07, 6.45) is 2.51. The fourth-order valence-electron chi connectivity index (χ4n) is 2.90. The molecular weight excluding hydrogens is 491 g/mol.